The third kappa shape index (κ3) is 4.78. The van der Waals surface area contributed by atoms with Crippen molar-refractivity contribution in [2.45, 2.75) is 32.0 Å². The molecule has 5 rings (SSSR count). The predicted molar refractivity (Wildman–Crippen MR) is 138 cm³/mol. The number of imide groups is 1. The van der Waals surface area contributed by atoms with Gasteiger partial charge in [0, 0.05) is 42.7 Å². The second kappa shape index (κ2) is 10.0. The number of nitrogens with zero attached hydrogens (tertiary/aromatic N) is 1. The zero-order chi connectivity index (χ0) is 27.9. The molecule has 0 aliphatic carbocycles. The van der Waals surface area contributed by atoms with E-state index < -0.39 is 29.2 Å². The monoisotopic (exact) mass is 537 g/mol. The Labute approximate surface area is 223 Å². The van der Waals surface area contributed by atoms with Gasteiger partial charge in [-0.15, -0.1) is 0 Å². The molecule has 204 valence electrons. The van der Waals surface area contributed by atoms with Gasteiger partial charge >= 0.3 is 6.03 Å². The topological polar surface area (TPSA) is 142 Å². The summed E-state index contributed by atoms with van der Waals surface area (Å²) in [4.78, 5) is 52.6. The minimum atomic E-state index is -1.76. The van der Waals surface area contributed by atoms with E-state index in [9.17, 15) is 23.6 Å². The number of nitrogens with one attached hydrogen (secondary N) is 4. The van der Waals surface area contributed by atoms with Gasteiger partial charge in [0.25, 0.3) is 17.7 Å². The zero-order valence-electron chi connectivity index (χ0n) is 21.6. The molecule has 1 saturated heterocycles. The number of hydrogen-bond acceptors (Lipinski definition) is 7. The maximum atomic E-state index is 14.9. The van der Waals surface area contributed by atoms with E-state index in [1.807, 2.05) is 13.8 Å². The van der Waals surface area contributed by atoms with Gasteiger partial charge in [-0.3, -0.25) is 19.7 Å². The van der Waals surface area contributed by atoms with Gasteiger partial charge in [0.2, 0.25) is 0 Å². The zero-order valence-corrected chi connectivity index (χ0v) is 21.6. The highest BCUT2D eigenvalue weighted by Gasteiger charge is 2.53. The van der Waals surface area contributed by atoms with E-state index in [0.29, 0.717) is 29.8 Å². The molecule has 0 radical (unpaired) electrons. The van der Waals surface area contributed by atoms with Crippen LogP contribution in [-0.2, 0) is 16.9 Å². The molecule has 2 aliphatic rings. The molecule has 3 aromatic rings. The summed E-state index contributed by atoms with van der Waals surface area (Å²) < 4.78 is 25.9. The lowest BCUT2D eigenvalue weighted by atomic mass is 9.95. The number of benzene rings is 2. The third-order valence-corrected chi connectivity index (χ3v) is 6.80. The van der Waals surface area contributed by atoms with Crippen LogP contribution in [0, 0.1) is 5.82 Å². The predicted octanol–water partition coefficient (Wildman–Crippen LogP) is 2.00. The Morgan fingerprint density at radius 2 is 1.97 bits per heavy atom. The van der Waals surface area contributed by atoms with Crippen LogP contribution in [0.2, 0.25) is 0 Å². The van der Waals surface area contributed by atoms with Gasteiger partial charge in [-0.2, -0.15) is 0 Å². The van der Waals surface area contributed by atoms with E-state index in [1.165, 1.54) is 24.1 Å². The fourth-order valence-corrected chi connectivity index (χ4v) is 4.81. The van der Waals surface area contributed by atoms with Crippen molar-refractivity contribution >= 4 is 34.7 Å². The largest absolute Gasteiger partial charge is 0.497 e. The Balaban J connectivity index is 1.44. The smallest absolute Gasteiger partial charge is 0.322 e. The normalized spacial score (nSPS) is 18.5. The number of urea groups is 1. The number of halogens is 1. The molecule has 2 aliphatic heterocycles. The molecule has 39 heavy (non-hydrogen) atoms. The van der Waals surface area contributed by atoms with Crippen molar-refractivity contribution in [2.75, 3.05) is 26.7 Å². The van der Waals surface area contributed by atoms with Crippen LogP contribution in [0.25, 0.3) is 11.0 Å². The van der Waals surface area contributed by atoms with Gasteiger partial charge in [0.15, 0.2) is 5.54 Å². The molecule has 4 N–H and O–H groups in total. The van der Waals surface area contributed by atoms with Crippen LogP contribution < -0.4 is 26.0 Å². The first-order valence-corrected chi connectivity index (χ1v) is 12.5. The van der Waals surface area contributed by atoms with Crippen LogP contribution in [0.1, 0.15) is 45.9 Å². The number of carbonyl (C=O) groups is 4. The average molecular weight is 538 g/mol. The first kappa shape index (κ1) is 26.2. The summed E-state index contributed by atoms with van der Waals surface area (Å²) in [5, 5.41) is 11.0. The van der Waals surface area contributed by atoms with Crippen LogP contribution in [0.3, 0.4) is 0 Å². The van der Waals surface area contributed by atoms with Gasteiger partial charge in [0.1, 0.15) is 22.9 Å². The van der Waals surface area contributed by atoms with E-state index in [-0.39, 0.29) is 41.9 Å². The fraction of sp³-hybridized carbons (Fsp3) is 0.333. The number of methoxy groups -OCH3 is 1. The first-order chi connectivity index (χ1) is 18.6. The fourth-order valence-electron chi connectivity index (χ4n) is 4.81. The summed E-state index contributed by atoms with van der Waals surface area (Å²) >= 11 is 0. The van der Waals surface area contributed by atoms with Gasteiger partial charge in [-0.25, -0.2) is 9.18 Å². The summed E-state index contributed by atoms with van der Waals surface area (Å²) in [7, 11) is 1.50. The van der Waals surface area contributed by atoms with Crippen molar-refractivity contribution in [2.24, 2.45) is 0 Å². The number of rotatable bonds is 9. The molecule has 1 fully saturated rings. The lowest BCUT2D eigenvalue weighted by molar-refractivity contribution is -0.125. The van der Waals surface area contributed by atoms with Crippen molar-refractivity contribution in [1.29, 1.82) is 0 Å². The highest BCUT2D eigenvalue weighted by atomic mass is 19.1. The molecule has 3 heterocycles. The Morgan fingerprint density at radius 1 is 1.18 bits per heavy atom. The summed E-state index contributed by atoms with van der Waals surface area (Å²) in [5.74, 6) is -1.94. The van der Waals surface area contributed by atoms with Gasteiger partial charge in [-0.1, -0.05) is 19.9 Å². The van der Waals surface area contributed by atoms with Crippen LogP contribution in [0.15, 0.2) is 40.8 Å². The molecule has 0 saturated carbocycles. The second-order valence-electron chi connectivity index (χ2n) is 9.84. The number of amides is 5. The number of furan rings is 1. The Bertz CT molecular complexity index is 1500. The third-order valence-electron chi connectivity index (χ3n) is 6.80. The average Bonchev–Trinajstić information content (AvgIpc) is 3.54. The van der Waals surface area contributed by atoms with E-state index in [1.54, 1.807) is 18.2 Å². The summed E-state index contributed by atoms with van der Waals surface area (Å²) in [6, 6.07) is 8.46. The quantitative estimate of drug-likeness (QED) is 0.242. The Hall–Kier alpha value is -4.45. The SMILES string of the molecule is COc1ccc2c(c1)C(=O)N(CC1(c3cc4cc(C(=O)NCCNC(C)C)c(F)cc4o3)NC(=O)NC1=O)C2. The van der Waals surface area contributed by atoms with Crippen molar-refractivity contribution in [3.63, 3.8) is 0 Å². The molecule has 0 spiro atoms. The molecule has 1 aromatic heterocycles. The number of ether oxygens (including phenoxy) is 1. The summed E-state index contributed by atoms with van der Waals surface area (Å²) in [6.07, 6.45) is 0. The number of hydrogen-bond donors (Lipinski definition) is 4. The maximum Gasteiger partial charge on any atom is 0.322 e. The molecule has 2 aromatic carbocycles. The Morgan fingerprint density at radius 3 is 2.67 bits per heavy atom. The molecule has 12 heteroatoms. The maximum absolute atomic E-state index is 14.9. The Kier molecular flexibility index (Phi) is 6.73. The summed E-state index contributed by atoms with van der Waals surface area (Å²) in [6.45, 7) is 4.74. The highest BCUT2D eigenvalue weighted by Crippen LogP contribution is 2.35. The van der Waals surface area contributed by atoms with Crippen molar-refractivity contribution < 1.29 is 32.7 Å². The summed E-state index contributed by atoms with van der Waals surface area (Å²) in [5.41, 5.74) is -0.701. The van der Waals surface area contributed by atoms with Gasteiger partial charge in [-0.05, 0) is 29.8 Å². The molecule has 5 amide bonds. The standard InChI is InChI=1S/C27H28FN5O6/c1-14(2)29-6-7-30-23(34)19-8-16-9-22(39-21(16)11-20(19)28)27(25(36)31-26(37)32-27)13-33-12-15-4-5-17(38-3)10-18(15)24(33)35/h4-5,8-11,14,29H,6-7,12-13H2,1-3H3,(H,30,34)(H2,31,32,36,37). The van der Waals surface area contributed by atoms with E-state index in [2.05, 4.69) is 21.3 Å². The van der Waals surface area contributed by atoms with Crippen molar-refractivity contribution in [1.82, 2.24) is 26.2 Å². The number of carbonyl (C=O) groups excluding carboxylic acids is 4. The number of fused-ring (bicyclic) bond motifs is 2. The second-order valence-corrected chi connectivity index (χ2v) is 9.84. The van der Waals surface area contributed by atoms with Crippen LogP contribution in [0.4, 0.5) is 9.18 Å². The minimum Gasteiger partial charge on any atom is -0.497 e. The lowest BCUT2D eigenvalue weighted by Crippen LogP contribution is -2.52. The van der Waals surface area contributed by atoms with Crippen LogP contribution in [-0.4, -0.2) is 61.4 Å². The van der Waals surface area contributed by atoms with E-state index in [0.717, 1.165) is 11.6 Å². The molecule has 11 nitrogen and oxygen atoms in total. The molecule has 1 unspecified atom stereocenters. The van der Waals surface area contributed by atoms with Crippen molar-refractivity contribution in [3.8, 4) is 5.75 Å². The highest BCUT2D eigenvalue weighted by molar-refractivity contribution is 6.08. The van der Waals surface area contributed by atoms with E-state index >= 15 is 0 Å². The molecule has 0 bridgehead atoms. The lowest BCUT2D eigenvalue weighted by Gasteiger charge is -2.29. The molecular formula is C27H28FN5O6. The van der Waals surface area contributed by atoms with Gasteiger partial charge < -0.3 is 30.0 Å². The molecular weight excluding hydrogens is 509 g/mol. The minimum absolute atomic E-state index is 0.000258. The van der Waals surface area contributed by atoms with Gasteiger partial charge in [0.05, 0.1) is 19.2 Å². The van der Waals surface area contributed by atoms with E-state index in [4.69, 9.17) is 9.15 Å². The first-order valence-electron chi connectivity index (χ1n) is 12.5. The van der Waals surface area contributed by atoms with Crippen LogP contribution >= 0.6 is 0 Å². The van der Waals surface area contributed by atoms with Crippen molar-refractivity contribution in [3.05, 3.63) is 64.7 Å². The van der Waals surface area contributed by atoms with Crippen LogP contribution in [0.5, 0.6) is 5.75 Å². The molecule has 1 atom stereocenters.